The number of aliphatic imine (C=N–C) groups is 2. The van der Waals surface area contributed by atoms with Crippen molar-refractivity contribution < 1.29 is 26.4 Å². The lowest BCUT2D eigenvalue weighted by molar-refractivity contribution is -0.133. The zero-order valence-electron chi connectivity index (χ0n) is 30.1. The van der Waals surface area contributed by atoms with E-state index in [0.717, 1.165) is 19.7 Å². The topological polar surface area (TPSA) is 140 Å². The molecule has 2 aromatic carbocycles. The Morgan fingerprint density at radius 1 is 0.633 bits per heavy atom. The fourth-order valence-corrected chi connectivity index (χ4v) is 10.2. The van der Waals surface area contributed by atoms with Crippen molar-refractivity contribution in [3.05, 3.63) is 59.7 Å². The fraction of sp³-hybridized carbons (Fsp3) is 0.543. The number of rotatable bonds is 6. The molecule has 0 saturated carbocycles. The van der Waals surface area contributed by atoms with Gasteiger partial charge in [0.25, 0.3) is 20.0 Å². The van der Waals surface area contributed by atoms with Crippen molar-refractivity contribution in [3.8, 4) is 0 Å². The van der Waals surface area contributed by atoms with Crippen LogP contribution in [0, 0.1) is 24.7 Å². The molecule has 3 aliphatic heterocycles. The van der Waals surface area contributed by atoms with Crippen molar-refractivity contribution >= 4 is 43.5 Å². The van der Waals surface area contributed by atoms with Crippen LogP contribution >= 0.6 is 0 Å². The van der Waals surface area contributed by atoms with E-state index in [0.29, 0.717) is 26.2 Å². The molecule has 3 aliphatic rings. The Balaban J connectivity index is 1.47. The van der Waals surface area contributed by atoms with Crippen LogP contribution in [0.1, 0.15) is 59.6 Å². The number of hydrogen-bond acceptors (Lipinski definition) is 10. The highest BCUT2D eigenvalue weighted by atomic mass is 32.2. The number of piperazine rings is 1. The number of amidine groups is 2. The standard InChI is InChI=1S/C35H48N6O6S2/c1-23-11-15-25(16-12-23)48(44,45)40-29(36-10)27(34(6,7)31(40)42)38-19-21-39(22-20-38)28-30(37-33(3,4)5)41(32(43)35(28,8)9)49(46,47)26-17-13-24(2)14-18-26/h11-18,27-28H,19-22H2,1-10H3. The first-order chi connectivity index (χ1) is 22.6. The first-order valence-corrected chi connectivity index (χ1v) is 19.3. The van der Waals surface area contributed by atoms with Gasteiger partial charge < -0.3 is 0 Å². The summed E-state index contributed by atoms with van der Waals surface area (Å²) in [4.78, 5) is 41.4. The van der Waals surface area contributed by atoms with Crippen LogP contribution in [0.4, 0.5) is 0 Å². The first kappa shape index (κ1) is 36.8. The smallest absolute Gasteiger partial charge is 0.271 e. The van der Waals surface area contributed by atoms with Crippen LogP contribution in [0.15, 0.2) is 68.3 Å². The lowest BCUT2D eigenvalue weighted by atomic mass is 9.83. The fourth-order valence-electron chi connectivity index (χ4n) is 7.09. The maximum Gasteiger partial charge on any atom is 0.271 e. The van der Waals surface area contributed by atoms with Crippen molar-refractivity contribution in [2.45, 2.75) is 89.7 Å². The van der Waals surface area contributed by atoms with Crippen molar-refractivity contribution in [1.29, 1.82) is 0 Å². The summed E-state index contributed by atoms with van der Waals surface area (Å²) in [7, 11) is -7.00. The SMILES string of the molecule is CN=C1C(N2CCN(C3C(=NC(C)(C)C)N(S(=O)(=O)c4ccc(C)cc4)C(=O)C3(C)C)CC2)C(C)(C)C(=O)N1S(=O)(=O)c1ccc(C)cc1. The molecule has 5 rings (SSSR count). The van der Waals surface area contributed by atoms with Gasteiger partial charge in [-0.05, 0) is 86.6 Å². The molecule has 266 valence electrons. The predicted molar refractivity (Wildman–Crippen MR) is 189 cm³/mol. The van der Waals surface area contributed by atoms with Gasteiger partial charge >= 0.3 is 0 Å². The molecule has 3 heterocycles. The summed E-state index contributed by atoms with van der Waals surface area (Å²) in [6, 6.07) is 11.5. The Labute approximate surface area is 291 Å². The molecule has 2 unspecified atom stereocenters. The monoisotopic (exact) mass is 712 g/mol. The number of amides is 2. The van der Waals surface area contributed by atoms with E-state index in [4.69, 9.17) is 4.99 Å². The minimum absolute atomic E-state index is 0.0119. The molecule has 14 heteroatoms. The second kappa shape index (κ2) is 12.4. The molecule has 0 radical (unpaired) electrons. The van der Waals surface area contributed by atoms with Crippen LogP contribution in [-0.4, -0.2) is 110 Å². The van der Waals surface area contributed by atoms with Crippen molar-refractivity contribution in [1.82, 2.24) is 18.4 Å². The molecule has 12 nitrogen and oxygen atoms in total. The van der Waals surface area contributed by atoms with Crippen molar-refractivity contribution in [2.24, 2.45) is 20.8 Å². The highest BCUT2D eigenvalue weighted by molar-refractivity contribution is 7.90. The number of carbonyl (C=O) groups is 2. The van der Waals surface area contributed by atoms with Gasteiger partial charge in [0.2, 0.25) is 11.8 Å². The quantitative estimate of drug-likeness (QED) is 0.442. The van der Waals surface area contributed by atoms with Crippen molar-refractivity contribution in [3.63, 3.8) is 0 Å². The zero-order chi connectivity index (χ0) is 36.5. The molecule has 2 atom stereocenters. The Kier molecular flexibility index (Phi) is 9.31. The van der Waals surface area contributed by atoms with Gasteiger partial charge in [-0.25, -0.2) is 16.8 Å². The van der Waals surface area contributed by atoms with Gasteiger partial charge in [0.05, 0.1) is 38.2 Å². The van der Waals surface area contributed by atoms with Gasteiger partial charge in [-0.15, -0.1) is 0 Å². The van der Waals surface area contributed by atoms with Gasteiger partial charge in [0.15, 0.2) is 0 Å². The molecule has 0 aromatic heterocycles. The van der Waals surface area contributed by atoms with E-state index >= 15 is 0 Å². The van der Waals surface area contributed by atoms with Crippen LogP contribution in [0.25, 0.3) is 0 Å². The Morgan fingerprint density at radius 2 is 0.959 bits per heavy atom. The van der Waals surface area contributed by atoms with E-state index in [9.17, 15) is 26.4 Å². The van der Waals surface area contributed by atoms with Crippen LogP contribution in [-0.2, 0) is 29.6 Å². The lowest BCUT2D eigenvalue weighted by Crippen LogP contribution is -2.60. The highest BCUT2D eigenvalue weighted by Gasteiger charge is 2.61. The second-order valence-corrected chi connectivity index (χ2v) is 18.9. The molecule has 2 amide bonds. The van der Waals surface area contributed by atoms with Gasteiger partial charge in [-0.2, -0.15) is 8.61 Å². The average Bonchev–Trinajstić information content (AvgIpc) is 3.33. The number of hydrogen-bond donors (Lipinski definition) is 0. The summed E-state index contributed by atoms with van der Waals surface area (Å²) in [5.41, 5.74) is -1.16. The highest BCUT2D eigenvalue weighted by Crippen LogP contribution is 2.43. The second-order valence-electron chi connectivity index (χ2n) is 15.3. The lowest BCUT2D eigenvalue weighted by Gasteiger charge is -2.44. The van der Waals surface area contributed by atoms with E-state index < -0.39 is 60.3 Å². The molecule has 2 aromatic rings. The average molecular weight is 713 g/mol. The normalized spacial score (nSPS) is 25.6. The van der Waals surface area contributed by atoms with Gasteiger partial charge in [0.1, 0.15) is 11.7 Å². The zero-order valence-corrected chi connectivity index (χ0v) is 31.7. The van der Waals surface area contributed by atoms with E-state index in [1.807, 2.05) is 34.6 Å². The summed E-state index contributed by atoms with van der Waals surface area (Å²) >= 11 is 0. The minimum Gasteiger partial charge on any atom is -0.290 e. The molecule has 0 N–H and O–H groups in total. The Hall–Kier alpha value is -3.46. The van der Waals surface area contributed by atoms with Crippen LogP contribution in [0.3, 0.4) is 0 Å². The molecular formula is C35H48N6O6S2. The first-order valence-electron chi connectivity index (χ1n) is 16.4. The minimum atomic E-state index is -4.27. The van der Waals surface area contributed by atoms with E-state index in [1.54, 1.807) is 52.0 Å². The Morgan fingerprint density at radius 3 is 1.29 bits per heavy atom. The maximum absolute atomic E-state index is 14.1. The summed E-state index contributed by atoms with van der Waals surface area (Å²) in [5, 5.41) is 0. The molecule has 3 fully saturated rings. The third-order valence-electron chi connectivity index (χ3n) is 9.62. The Bertz CT molecular complexity index is 1920. The predicted octanol–water partition coefficient (Wildman–Crippen LogP) is 3.70. The summed E-state index contributed by atoms with van der Waals surface area (Å²) in [6.07, 6.45) is 0. The van der Waals surface area contributed by atoms with Crippen LogP contribution < -0.4 is 0 Å². The van der Waals surface area contributed by atoms with E-state index in [2.05, 4.69) is 14.8 Å². The number of carbonyl (C=O) groups excluding carboxylic acids is 2. The molecule has 3 saturated heterocycles. The summed E-state index contributed by atoms with van der Waals surface area (Å²) < 4.78 is 57.6. The molecular weight excluding hydrogens is 665 g/mol. The third-order valence-corrected chi connectivity index (χ3v) is 13.0. The largest absolute Gasteiger partial charge is 0.290 e. The number of aryl methyl sites for hydroxylation is 2. The summed E-state index contributed by atoms with van der Waals surface area (Å²) in [5.74, 6) is -0.770. The van der Waals surface area contributed by atoms with E-state index in [1.165, 1.54) is 31.3 Å². The van der Waals surface area contributed by atoms with Gasteiger partial charge in [-0.3, -0.25) is 29.4 Å². The molecule has 0 spiro atoms. The number of nitrogens with zero attached hydrogens (tertiary/aromatic N) is 6. The third kappa shape index (κ3) is 6.25. The molecule has 0 bridgehead atoms. The number of sulfonamides is 2. The van der Waals surface area contributed by atoms with Crippen LogP contribution in [0.5, 0.6) is 0 Å². The van der Waals surface area contributed by atoms with Gasteiger partial charge in [0, 0.05) is 33.2 Å². The van der Waals surface area contributed by atoms with E-state index in [-0.39, 0.29) is 21.5 Å². The maximum atomic E-state index is 14.1. The number of benzene rings is 2. The molecule has 0 aliphatic carbocycles. The summed E-state index contributed by atoms with van der Waals surface area (Å²) in [6.45, 7) is 17.9. The van der Waals surface area contributed by atoms with Gasteiger partial charge in [-0.1, -0.05) is 35.4 Å². The van der Waals surface area contributed by atoms with Crippen LogP contribution in [0.2, 0.25) is 0 Å². The molecule has 49 heavy (non-hydrogen) atoms. The van der Waals surface area contributed by atoms with Crippen molar-refractivity contribution in [2.75, 3.05) is 33.2 Å².